The largest absolute Gasteiger partial charge is 0.366 e. The van der Waals surface area contributed by atoms with Crippen molar-refractivity contribution >= 4 is 43.2 Å². The molecular weight excluding hydrogens is 308 g/mol. The molecule has 1 saturated heterocycles. The van der Waals surface area contributed by atoms with Crippen molar-refractivity contribution in [2.24, 2.45) is 0 Å². The number of sulfone groups is 1. The lowest BCUT2D eigenvalue weighted by molar-refractivity contribution is 0.602. The fourth-order valence-corrected chi connectivity index (χ4v) is 5.11. The average Bonchev–Trinajstić information content (AvgIpc) is 3.01. The highest BCUT2D eigenvalue weighted by molar-refractivity contribution is 7.91. The molecule has 3 heterocycles. The summed E-state index contributed by atoms with van der Waals surface area (Å²) in [6.07, 6.45) is 1.58. The Labute approximate surface area is 127 Å². The zero-order valence-corrected chi connectivity index (χ0v) is 13.6. The second-order valence-corrected chi connectivity index (χ2v) is 8.52. The summed E-state index contributed by atoms with van der Waals surface area (Å²) < 4.78 is 23.2. The SMILES string of the molecule is CCc1cc2c(NC3CCS(=O)(=O)C3)nc(NC)nc2s1. The van der Waals surface area contributed by atoms with Crippen LogP contribution in [0.3, 0.4) is 0 Å². The van der Waals surface area contributed by atoms with Crippen molar-refractivity contribution in [1.82, 2.24) is 9.97 Å². The van der Waals surface area contributed by atoms with Gasteiger partial charge in [-0.05, 0) is 18.9 Å². The summed E-state index contributed by atoms with van der Waals surface area (Å²) in [5.74, 6) is 1.71. The minimum absolute atomic E-state index is 0.0669. The van der Waals surface area contributed by atoms with Crippen LogP contribution < -0.4 is 10.6 Å². The number of anilines is 2. The van der Waals surface area contributed by atoms with Gasteiger partial charge in [0.1, 0.15) is 10.6 Å². The molecule has 0 aliphatic carbocycles. The molecule has 2 aromatic rings. The number of aromatic nitrogens is 2. The van der Waals surface area contributed by atoms with Gasteiger partial charge in [0, 0.05) is 18.0 Å². The molecule has 1 unspecified atom stereocenters. The highest BCUT2D eigenvalue weighted by Gasteiger charge is 2.28. The maximum absolute atomic E-state index is 11.6. The van der Waals surface area contributed by atoms with Crippen LogP contribution in [0.15, 0.2) is 6.07 Å². The highest BCUT2D eigenvalue weighted by Crippen LogP contribution is 2.31. The number of rotatable bonds is 4. The third kappa shape index (κ3) is 2.96. The van der Waals surface area contributed by atoms with Gasteiger partial charge in [0.25, 0.3) is 0 Å². The first-order valence-electron chi connectivity index (χ1n) is 6.96. The van der Waals surface area contributed by atoms with E-state index in [2.05, 4.69) is 33.6 Å². The van der Waals surface area contributed by atoms with Crippen LogP contribution in [0.4, 0.5) is 11.8 Å². The van der Waals surface area contributed by atoms with E-state index in [1.165, 1.54) is 4.88 Å². The summed E-state index contributed by atoms with van der Waals surface area (Å²) in [5.41, 5.74) is 0. The Bertz CT molecular complexity index is 770. The first-order chi connectivity index (χ1) is 10.0. The van der Waals surface area contributed by atoms with Crippen molar-refractivity contribution in [3.63, 3.8) is 0 Å². The van der Waals surface area contributed by atoms with E-state index in [0.717, 1.165) is 22.5 Å². The van der Waals surface area contributed by atoms with E-state index in [1.807, 2.05) is 0 Å². The number of fused-ring (bicyclic) bond motifs is 1. The Morgan fingerprint density at radius 2 is 2.24 bits per heavy atom. The standard InChI is InChI=1S/C13H18N4O2S2/c1-3-9-6-10-11(15-8-4-5-21(18,19)7-8)16-13(14-2)17-12(10)20-9/h6,8H,3-5,7H2,1-2H3,(H2,14,15,16,17). The van der Waals surface area contributed by atoms with Gasteiger partial charge in [-0.2, -0.15) is 4.98 Å². The molecular formula is C13H18N4O2S2. The van der Waals surface area contributed by atoms with Crippen molar-refractivity contribution < 1.29 is 8.42 Å². The Kier molecular flexibility index (Phi) is 3.75. The summed E-state index contributed by atoms with van der Waals surface area (Å²) in [6.45, 7) is 2.10. The van der Waals surface area contributed by atoms with Crippen LogP contribution in [0.25, 0.3) is 10.2 Å². The average molecular weight is 326 g/mol. The fraction of sp³-hybridized carbons (Fsp3) is 0.538. The topological polar surface area (TPSA) is 84.0 Å². The van der Waals surface area contributed by atoms with Crippen molar-refractivity contribution in [3.8, 4) is 0 Å². The van der Waals surface area contributed by atoms with Gasteiger partial charge in [0.05, 0.1) is 16.9 Å². The van der Waals surface area contributed by atoms with Gasteiger partial charge in [0.15, 0.2) is 9.84 Å². The third-order valence-electron chi connectivity index (χ3n) is 3.59. The second kappa shape index (κ2) is 5.42. The molecule has 0 saturated carbocycles. The van der Waals surface area contributed by atoms with E-state index >= 15 is 0 Å². The van der Waals surface area contributed by atoms with Gasteiger partial charge in [-0.25, -0.2) is 13.4 Å². The first kappa shape index (κ1) is 14.5. The lowest BCUT2D eigenvalue weighted by Gasteiger charge is -2.13. The lowest BCUT2D eigenvalue weighted by Crippen LogP contribution is -2.21. The molecule has 1 fully saturated rings. The smallest absolute Gasteiger partial charge is 0.225 e. The number of nitrogens with zero attached hydrogens (tertiary/aromatic N) is 2. The van der Waals surface area contributed by atoms with E-state index in [0.29, 0.717) is 12.4 Å². The van der Waals surface area contributed by atoms with Crippen LogP contribution in [-0.2, 0) is 16.3 Å². The number of thiophene rings is 1. The van der Waals surface area contributed by atoms with Crippen LogP contribution in [-0.4, -0.2) is 43.0 Å². The summed E-state index contributed by atoms with van der Waals surface area (Å²) >= 11 is 1.65. The van der Waals surface area contributed by atoms with Gasteiger partial charge >= 0.3 is 0 Å². The summed E-state index contributed by atoms with van der Waals surface area (Å²) in [6, 6.07) is 2.02. The summed E-state index contributed by atoms with van der Waals surface area (Å²) in [5, 5.41) is 7.21. The van der Waals surface area contributed by atoms with Gasteiger partial charge in [-0.1, -0.05) is 6.92 Å². The second-order valence-electron chi connectivity index (χ2n) is 5.18. The number of nitrogens with one attached hydrogen (secondary N) is 2. The number of aryl methyl sites for hydroxylation is 1. The zero-order valence-electron chi connectivity index (χ0n) is 12.0. The highest BCUT2D eigenvalue weighted by atomic mass is 32.2. The maximum Gasteiger partial charge on any atom is 0.225 e. The number of hydrogen-bond donors (Lipinski definition) is 2. The van der Waals surface area contributed by atoms with E-state index in [9.17, 15) is 8.42 Å². The molecule has 8 heteroatoms. The van der Waals surface area contributed by atoms with Crippen LogP contribution in [0, 0.1) is 0 Å². The summed E-state index contributed by atoms with van der Waals surface area (Å²) in [7, 11) is -1.13. The summed E-state index contributed by atoms with van der Waals surface area (Å²) in [4.78, 5) is 11.1. The monoisotopic (exact) mass is 326 g/mol. The quantitative estimate of drug-likeness (QED) is 0.893. The Balaban J connectivity index is 1.98. The minimum atomic E-state index is -2.90. The molecule has 0 amide bonds. The van der Waals surface area contributed by atoms with E-state index in [-0.39, 0.29) is 17.5 Å². The minimum Gasteiger partial charge on any atom is -0.366 e. The predicted octanol–water partition coefficient (Wildman–Crippen LogP) is 1.89. The molecule has 114 valence electrons. The van der Waals surface area contributed by atoms with Crippen LogP contribution in [0.1, 0.15) is 18.2 Å². The Hall–Kier alpha value is -1.41. The predicted molar refractivity (Wildman–Crippen MR) is 87.0 cm³/mol. The molecule has 3 rings (SSSR count). The fourth-order valence-electron chi connectivity index (χ4n) is 2.47. The van der Waals surface area contributed by atoms with Crippen molar-refractivity contribution in [2.75, 3.05) is 29.2 Å². The van der Waals surface area contributed by atoms with Crippen LogP contribution in [0.2, 0.25) is 0 Å². The molecule has 1 atom stereocenters. The van der Waals surface area contributed by atoms with E-state index in [1.54, 1.807) is 18.4 Å². The van der Waals surface area contributed by atoms with Gasteiger partial charge in [-0.15, -0.1) is 11.3 Å². The van der Waals surface area contributed by atoms with E-state index < -0.39 is 9.84 Å². The molecule has 1 aliphatic heterocycles. The molecule has 2 N–H and O–H groups in total. The van der Waals surface area contributed by atoms with Crippen molar-refractivity contribution in [3.05, 3.63) is 10.9 Å². The van der Waals surface area contributed by atoms with Crippen LogP contribution in [0.5, 0.6) is 0 Å². The molecule has 0 spiro atoms. The molecule has 6 nitrogen and oxygen atoms in total. The van der Waals surface area contributed by atoms with Gasteiger partial charge in [0.2, 0.25) is 5.95 Å². The Morgan fingerprint density at radius 1 is 1.43 bits per heavy atom. The van der Waals surface area contributed by atoms with Crippen molar-refractivity contribution in [1.29, 1.82) is 0 Å². The van der Waals surface area contributed by atoms with E-state index in [4.69, 9.17) is 0 Å². The Morgan fingerprint density at radius 3 is 2.86 bits per heavy atom. The van der Waals surface area contributed by atoms with Gasteiger partial charge in [-0.3, -0.25) is 0 Å². The van der Waals surface area contributed by atoms with Gasteiger partial charge < -0.3 is 10.6 Å². The normalized spacial score (nSPS) is 20.8. The first-order valence-corrected chi connectivity index (χ1v) is 9.59. The lowest BCUT2D eigenvalue weighted by atomic mass is 10.2. The van der Waals surface area contributed by atoms with Crippen LogP contribution >= 0.6 is 11.3 Å². The third-order valence-corrected chi connectivity index (χ3v) is 6.53. The molecule has 2 aromatic heterocycles. The number of hydrogen-bond acceptors (Lipinski definition) is 7. The maximum atomic E-state index is 11.6. The molecule has 21 heavy (non-hydrogen) atoms. The molecule has 0 radical (unpaired) electrons. The molecule has 0 aromatic carbocycles. The molecule has 1 aliphatic rings. The van der Waals surface area contributed by atoms with Crippen molar-refractivity contribution in [2.45, 2.75) is 25.8 Å². The zero-order chi connectivity index (χ0) is 15.0. The molecule has 0 bridgehead atoms.